The molecule has 202 valence electrons. The molecule has 39 heavy (non-hydrogen) atoms. The predicted octanol–water partition coefficient (Wildman–Crippen LogP) is 4.47. The molecule has 0 radical (unpaired) electrons. The fourth-order valence-corrected chi connectivity index (χ4v) is 5.31. The summed E-state index contributed by atoms with van der Waals surface area (Å²) >= 11 is 0. The first-order valence-corrected chi connectivity index (χ1v) is 12.6. The number of amides is 3. The Morgan fingerprint density at radius 1 is 1.13 bits per heavy atom. The van der Waals surface area contributed by atoms with Crippen LogP contribution in [0.3, 0.4) is 0 Å². The minimum absolute atomic E-state index is 0.0371. The molecule has 11 heteroatoms. The van der Waals surface area contributed by atoms with Crippen LogP contribution in [0.15, 0.2) is 59.8 Å². The van der Waals surface area contributed by atoms with Crippen LogP contribution in [0.4, 0.5) is 23.7 Å². The molecule has 1 fully saturated rings. The molecular formula is C28H25F3N4O4. The monoisotopic (exact) mass is 538 g/mol. The molecule has 2 aromatic carbocycles. The van der Waals surface area contributed by atoms with Crippen molar-refractivity contribution in [1.82, 2.24) is 10.2 Å². The van der Waals surface area contributed by atoms with E-state index in [-0.39, 0.29) is 29.5 Å². The van der Waals surface area contributed by atoms with Gasteiger partial charge in [0, 0.05) is 24.3 Å². The highest BCUT2D eigenvalue weighted by atomic mass is 19.4. The Morgan fingerprint density at radius 2 is 1.90 bits per heavy atom. The number of hydrogen-bond acceptors (Lipinski definition) is 5. The van der Waals surface area contributed by atoms with Crippen molar-refractivity contribution in [1.29, 1.82) is 5.26 Å². The number of anilines is 1. The van der Waals surface area contributed by atoms with Crippen LogP contribution in [0, 0.1) is 11.3 Å². The van der Waals surface area contributed by atoms with Crippen LogP contribution in [0.1, 0.15) is 48.4 Å². The molecule has 2 unspecified atom stereocenters. The van der Waals surface area contributed by atoms with Crippen LogP contribution in [-0.4, -0.2) is 48.4 Å². The topological polar surface area (TPSA) is 103 Å². The van der Waals surface area contributed by atoms with Gasteiger partial charge < -0.3 is 15.0 Å². The lowest BCUT2D eigenvalue weighted by atomic mass is 9.83. The maximum Gasteiger partial charge on any atom is 0.416 e. The van der Waals surface area contributed by atoms with Crippen molar-refractivity contribution < 1.29 is 32.3 Å². The summed E-state index contributed by atoms with van der Waals surface area (Å²) in [5, 5.41) is 12.1. The van der Waals surface area contributed by atoms with E-state index in [0.717, 1.165) is 17.0 Å². The number of allylic oxidation sites excluding steroid dienone is 1. The number of Topliss-reactive ketones (excluding diaryl/α,β-unsaturated/α-hetero) is 1. The molecule has 1 saturated heterocycles. The van der Waals surface area contributed by atoms with Crippen LogP contribution in [-0.2, 0) is 20.5 Å². The third-order valence-corrected chi connectivity index (χ3v) is 7.12. The number of urea groups is 1. The maximum absolute atomic E-state index is 14.1. The highest BCUT2D eigenvalue weighted by Crippen LogP contribution is 2.44. The van der Waals surface area contributed by atoms with Gasteiger partial charge in [0.1, 0.15) is 6.54 Å². The number of carbonyl (C=O) groups excluding carboxylic acids is 3. The predicted molar refractivity (Wildman–Crippen MR) is 133 cm³/mol. The summed E-state index contributed by atoms with van der Waals surface area (Å²) in [5.74, 6) is -0.724. The van der Waals surface area contributed by atoms with E-state index in [9.17, 15) is 32.8 Å². The molecule has 3 aliphatic rings. The molecule has 8 nitrogen and oxygen atoms in total. The molecule has 0 saturated carbocycles. The van der Waals surface area contributed by atoms with Crippen molar-refractivity contribution in [3.05, 3.63) is 76.5 Å². The Morgan fingerprint density at radius 3 is 2.56 bits per heavy atom. The summed E-state index contributed by atoms with van der Waals surface area (Å²) in [5.41, 5.74) is 0.513. The zero-order chi connectivity index (χ0) is 27.7. The number of carbonyl (C=O) groups is 3. The molecule has 2 aliphatic heterocycles. The van der Waals surface area contributed by atoms with Gasteiger partial charge in [-0.1, -0.05) is 18.2 Å². The average Bonchev–Trinajstić information content (AvgIpc) is 3.42. The summed E-state index contributed by atoms with van der Waals surface area (Å²) in [6.45, 7) is 0.401. The van der Waals surface area contributed by atoms with E-state index < -0.39 is 36.3 Å². The standard InChI is InChI=1S/C28H25F3N4O4/c29-28(30,31)19-3-1-4-21(13-19)35-22-5-2-6-23(36)25(22)26(18-9-7-17(14-32)8-10-18)34(27(35)38)15-24(37)33-20-11-12-39-16-20/h1,3-4,7-10,13,20,26H,2,5-6,11-12,15-16H2,(H,33,37). The van der Waals surface area contributed by atoms with Crippen molar-refractivity contribution in [2.45, 2.75) is 43.9 Å². The maximum atomic E-state index is 14.1. The van der Waals surface area contributed by atoms with E-state index in [0.29, 0.717) is 49.3 Å². The van der Waals surface area contributed by atoms with Crippen LogP contribution in [0.5, 0.6) is 0 Å². The minimum atomic E-state index is -4.64. The summed E-state index contributed by atoms with van der Waals surface area (Å²) in [6.07, 6.45) is -3.08. The number of ketones is 1. The Balaban J connectivity index is 1.63. The normalized spacial score (nSPS) is 21.6. The largest absolute Gasteiger partial charge is 0.416 e. The molecule has 0 spiro atoms. The molecule has 2 aromatic rings. The zero-order valence-electron chi connectivity index (χ0n) is 20.8. The third kappa shape index (κ3) is 5.25. The SMILES string of the molecule is N#Cc1ccc(C2C3=C(CCCC3=O)N(c3cccc(C(F)(F)F)c3)C(=O)N2CC(=O)NC2CCOC2)cc1. The number of nitriles is 1. The Hall–Kier alpha value is -4.17. The average molecular weight is 539 g/mol. The van der Waals surface area contributed by atoms with Crippen LogP contribution >= 0.6 is 0 Å². The van der Waals surface area contributed by atoms with Gasteiger partial charge in [-0.15, -0.1) is 0 Å². The van der Waals surface area contributed by atoms with Crippen LogP contribution in [0.25, 0.3) is 0 Å². The number of hydrogen-bond donors (Lipinski definition) is 1. The molecule has 5 rings (SSSR count). The van der Waals surface area contributed by atoms with Crippen molar-refractivity contribution in [2.75, 3.05) is 24.7 Å². The van der Waals surface area contributed by atoms with E-state index in [1.165, 1.54) is 17.0 Å². The Bertz CT molecular complexity index is 1370. The Kier molecular flexibility index (Phi) is 7.14. The first-order valence-electron chi connectivity index (χ1n) is 12.6. The van der Waals surface area contributed by atoms with E-state index in [1.54, 1.807) is 24.3 Å². The van der Waals surface area contributed by atoms with E-state index >= 15 is 0 Å². The Labute approximate surface area is 222 Å². The number of benzene rings is 2. The molecular weight excluding hydrogens is 513 g/mol. The number of halogens is 3. The van der Waals surface area contributed by atoms with Gasteiger partial charge in [0.05, 0.1) is 41.6 Å². The smallest absolute Gasteiger partial charge is 0.379 e. The van der Waals surface area contributed by atoms with Crippen molar-refractivity contribution in [3.8, 4) is 6.07 Å². The van der Waals surface area contributed by atoms with Gasteiger partial charge in [-0.05, 0) is 55.2 Å². The van der Waals surface area contributed by atoms with Gasteiger partial charge in [0.25, 0.3) is 0 Å². The van der Waals surface area contributed by atoms with Crippen molar-refractivity contribution >= 4 is 23.4 Å². The second-order valence-corrected chi connectivity index (χ2v) is 9.70. The quantitative estimate of drug-likeness (QED) is 0.605. The summed E-state index contributed by atoms with van der Waals surface area (Å²) in [4.78, 5) is 42.9. The zero-order valence-corrected chi connectivity index (χ0v) is 20.8. The number of rotatable bonds is 5. The first-order chi connectivity index (χ1) is 18.7. The minimum Gasteiger partial charge on any atom is -0.379 e. The van der Waals surface area contributed by atoms with Gasteiger partial charge in [-0.3, -0.25) is 14.5 Å². The lowest BCUT2D eigenvalue weighted by Gasteiger charge is -2.45. The molecule has 0 aromatic heterocycles. The second kappa shape index (κ2) is 10.5. The third-order valence-electron chi connectivity index (χ3n) is 7.12. The van der Waals surface area contributed by atoms with Gasteiger partial charge in [-0.2, -0.15) is 18.4 Å². The molecule has 3 amide bonds. The van der Waals surface area contributed by atoms with Crippen LogP contribution in [0.2, 0.25) is 0 Å². The number of nitrogens with one attached hydrogen (secondary N) is 1. The number of nitrogens with zero attached hydrogens (tertiary/aromatic N) is 3. The molecule has 2 atom stereocenters. The molecule has 2 heterocycles. The molecule has 1 N–H and O–H groups in total. The van der Waals surface area contributed by atoms with Crippen molar-refractivity contribution in [3.63, 3.8) is 0 Å². The second-order valence-electron chi connectivity index (χ2n) is 9.70. The fraction of sp³-hybridized carbons (Fsp3) is 0.357. The number of alkyl halides is 3. The van der Waals surface area contributed by atoms with Gasteiger partial charge in [-0.25, -0.2) is 4.79 Å². The highest BCUT2D eigenvalue weighted by molar-refractivity contribution is 6.07. The summed E-state index contributed by atoms with van der Waals surface area (Å²) < 4.78 is 46.0. The first kappa shape index (κ1) is 26.4. The van der Waals surface area contributed by atoms with Crippen LogP contribution < -0.4 is 10.2 Å². The van der Waals surface area contributed by atoms with Gasteiger partial charge in [0.15, 0.2) is 5.78 Å². The number of ether oxygens (including phenoxy) is 1. The van der Waals surface area contributed by atoms with Gasteiger partial charge >= 0.3 is 12.2 Å². The fourth-order valence-electron chi connectivity index (χ4n) is 5.31. The lowest BCUT2D eigenvalue weighted by molar-refractivity contribution is -0.137. The van der Waals surface area contributed by atoms with Crippen molar-refractivity contribution in [2.24, 2.45) is 0 Å². The molecule has 0 bridgehead atoms. The summed E-state index contributed by atoms with van der Waals surface area (Å²) in [7, 11) is 0. The molecule has 1 aliphatic carbocycles. The summed E-state index contributed by atoms with van der Waals surface area (Å²) in [6, 6.07) is 10.9. The van der Waals surface area contributed by atoms with E-state index in [4.69, 9.17) is 4.74 Å². The van der Waals surface area contributed by atoms with Gasteiger partial charge in [0.2, 0.25) is 5.91 Å². The highest BCUT2D eigenvalue weighted by Gasteiger charge is 2.45. The van der Waals surface area contributed by atoms with E-state index in [2.05, 4.69) is 5.32 Å². The lowest BCUT2D eigenvalue weighted by Crippen LogP contribution is -2.55. The van der Waals surface area contributed by atoms with E-state index in [1.807, 2.05) is 6.07 Å².